The lowest BCUT2D eigenvalue weighted by molar-refractivity contribution is -0.383. The van der Waals surface area contributed by atoms with Gasteiger partial charge in [0, 0.05) is 23.1 Å². The number of Topliss-reactive ketones (excluding diaryl/α,β-unsaturated/α-hetero) is 1. The van der Waals surface area contributed by atoms with Crippen LogP contribution in [0.4, 0.5) is 11.4 Å². The second kappa shape index (κ2) is 9.44. The molecule has 140 valence electrons. The molecule has 0 heterocycles. The number of hydrogen-bond donors (Lipinski definition) is 1. The smallest absolute Gasteiger partial charge is 0.306 e. The molecule has 1 amide bonds. The van der Waals surface area contributed by atoms with Crippen LogP contribution in [0.2, 0.25) is 5.02 Å². The molecule has 1 N–H and O–H groups in total. The predicted octanol–water partition coefficient (Wildman–Crippen LogP) is 3.39. The van der Waals surface area contributed by atoms with Crippen LogP contribution in [0.1, 0.15) is 23.2 Å². The Hall–Kier alpha value is -3.26. The van der Waals surface area contributed by atoms with Crippen LogP contribution in [0, 0.1) is 10.1 Å². The zero-order chi connectivity index (χ0) is 19.8. The quantitative estimate of drug-likeness (QED) is 0.319. The summed E-state index contributed by atoms with van der Waals surface area (Å²) < 4.78 is 4.79. The molecule has 27 heavy (non-hydrogen) atoms. The molecule has 0 spiro atoms. The summed E-state index contributed by atoms with van der Waals surface area (Å²) in [6.07, 6.45) is -0.234. The number of ketones is 1. The second-order valence-electron chi connectivity index (χ2n) is 5.42. The minimum atomic E-state index is -0.761. The van der Waals surface area contributed by atoms with Crippen LogP contribution in [0.25, 0.3) is 0 Å². The molecule has 0 unspecified atom stereocenters. The van der Waals surface area contributed by atoms with Gasteiger partial charge in [0.25, 0.3) is 11.6 Å². The van der Waals surface area contributed by atoms with Gasteiger partial charge in [-0.1, -0.05) is 41.9 Å². The maximum absolute atomic E-state index is 11.9. The molecule has 0 radical (unpaired) electrons. The van der Waals surface area contributed by atoms with E-state index in [1.54, 1.807) is 30.3 Å². The lowest BCUT2D eigenvalue weighted by Gasteiger charge is -2.07. The Labute approximate surface area is 159 Å². The van der Waals surface area contributed by atoms with Crippen LogP contribution in [0.15, 0.2) is 48.5 Å². The molecule has 8 nitrogen and oxygen atoms in total. The van der Waals surface area contributed by atoms with Crippen molar-refractivity contribution in [3.63, 3.8) is 0 Å². The van der Waals surface area contributed by atoms with Gasteiger partial charge in [-0.05, 0) is 12.1 Å². The van der Waals surface area contributed by atoms with E-state index in [1.807, 2.05) is 0 Å². The molecule has 0 aliphatic heterocycles. The SMILES string of the molecule is O=C(COC(=O)CCC(=O)c1ccccc1)Nc1cc(Cl)ccc1[N+](=O)[O-]. The van der Waals surface area contributed by atoms with E-state index in [1.165, 1.54) is 12.1 Å². The molecule has 0 aliphatic rings. The fraction of sp³-hybridized carbons (Fsp3) is 0.167. The van der Waals surface area contributed by atoms with Gasteiger partial charge in [-0.2, -0.15) is 0 Å². The summed E-state index contributed by atoms with van der Waals surface area (Å²) in [5.41, 5.74) is 0.0386. The summed E-state index contributed by atoms with van der Waals surface area (Å²) in [5, 5.41) is 13.4. The van der Waals surface area contributed by atoms with Crippen LogP contribution in [-0.4, -0.2) is 29.2 Å². The number of rotatable bonds is 8. The topological polar surface area (TPSA) is 116 Å². The highest BCUT2D eigenvalue weighted by Gasteiger charge is 2.17. The van der Waals surface area contributed by atoms with Gasteiger partial charge in [0.2, 0.25) is 0 Å². The van der Waals surface area contributed by atoms with E-state index in [2.05, 4.69) is 5.32 Å². The molecule has 0 bridgehead atoms. The Morgan fingerprint density at radius 1 is 1.07 bits per heavy atom. The van der Waals surface area contributed by atoms with Crippen molar-refractivity contribution in [2.24, 2.45) is 0 Å². The minimum absolute atomic E-state index is 0.0514. The molecular weight excluding hydrogens is 376 g/mol. The van der Waals surface area contributed by atoms with E-state index in [4.69, 9.17) is 16.3 Å². The Morgan fingerprint density at radius 2 is 1.78 bits per heavy atom. The molecule has 0 aliphatic carbocycles. The number of carbonyl (C=O) groups excluding carboxylic acids is 3. The highest BCUT2D eigenvalue weighted by Crippen LogP contribution is 2.27. The number of hydrogen-bond acceptors (Lipinski definition) is 6. The molecule has 9 heteroatoms. The van der Waals surface area contributed by atoms with Gasteiger partial charge in [0.1, 0.15) is 5.69 Å². The van der Waals surface area contributed by atoms with Crippen LogP contribution < -0.4 is 5.32 Å². The molecule has 0 atom stereocenters. The fourth-order valence-electron chi connectivity index (χ4n) is 2.16. The third-order valence-electron chi connectivity index (χ3n) is 3.45. The second-order valence-corrected chi connectivity index (χ2v) is 5.85. The first-order valence-electron chi connectivity index (χ1n) is 7.84. The van der Waals surface area contributed by atoms with Crippen LogP contribution >= 0.6 is 11.6 Å². The summed E-state index contributed by atoms with van der Waals surface area (Å²) in [7, 11) is 0. The summed E-state index contributed by atoms with van der Waals surface area (Å²) in [5.74, 6) is -1.70. The van der Waals surface area contributed by atoms with Gasteiger partial charge in [-0.15, -0.1) is 0 Å². The first-order chi connectivity index (χ1) is 12.9. The van der Waals surface area contributed by atoms with Crippen molar-refractivity contribution in [3.05, 3.63) is 69.2 Å². The van der Waals surface area contributed by atoms with Gasteiger partial charge >= 0.3 is 5.97 Å². The van der Waals surface area contributed by atoms with Crippen molar-refractivity contribution < 1.29 is 24.0 Å². The molecule has 0 fully saturated rings. The number of halogens is 1. The number of benzene rings is 2. The predicted molar refractivity (Wildman–Crippen MR) is 97.7 cm³/mol. The lowest BCUT2D eigenvalue weighted by atomic mass is 10.1. The number of carbonyl (C=O) groups is 3. The molecule has 2 aromatic carbocycles. The summed E-state index contributed by atoms with van der Waals surface area (Å²) >= 11 is 5.76. The Morgan fingerprint density at radius 3 is 2.44 bits per heavy atom. The molecule has 2 aromatic rings. The molecule has 0 saturated carbocycles. The van der Waals surface area contributed by atoms with Gasteiger partial charge in [-0.3, -0.25) is 24.5 Å². The van der Waals surface area contributed by atoms with Gasteiger partial charge < -0.3 is 10.1 Å². The third kappa shape index (κ3) is 6.19. The highest BCUT2D eigenvalue weighted by atomic mass is 35.5. The van der Waals surface area contributed by atoms with E-state index >= 15 is 0 Å². The van der Waals surface area contributed by atoms with Crippen molar-refractivity contribution in [1.29, 1.82) is 0 Å². The average Bonchev–Trinajstić information content (AvgIpc) is 2.65. The van der Waals surface area contributed by atoms with Gasteiger partial charge in [0.05, 0.1) is 11.3 Å². The standard InChI is InChI=1S/C18H15ClN2O6/c19-13-6-7-15(21(25)26)14(10-13)20-17(23)11-27-18(24)9-8-16(22)12-4-2-1-3-5-12/h1-7,10H,8-9,11H2,(H,20,23). The first kappa shape index (κ1) is 20.1. The zero-order valence-electron chi connectivity index (χ0n) is 14.0. The van der Waals surface area contributed by atoms with E-state index in [-0.39, 0.29) is 35.0 Å². The number of nitro groups is 1. The lowest BCUT2D eigenvalue weighted by Crippen LogP contribution is -2.21. The van der Waals surface area contributed by atoms with E-state index in [9.17, 15) is 24.5 Å². The first-order valence-corrected chi connectivity index (χ1v) is 8.22. The van der Waals surface area contributed by atoms with Gasteiger partial charge in [0.15, 0.2) is 12.4 Å². The number of anilines is 1. The summed E-state index contributed by atoms with van der Waals surface area (Å²) in [6, 6.07) is 12.2. The summed E-state index contributed by atoms with van der Waals surface area (Å²) in [4.78, 5) is 45.7. The molecule has 0 aromatic heterocycles. The van der Waals surface area contributed by atoms with Crippen molar-refractivity contribution in [1.82, 2.24) is 0 Å². The fourth-order valence-corrected chi connectivity index (χ4v) is 2.33. The number of amides is 1. The van der Waals surface area contributed by atoms with Gasteiger partial charge in [-0.25, -0.2) is 0 Å². The number of nitro benzene ring substituents is 1. The van der Waals surface area contributed by atoms with Crippen molar-refractivity contribution in [2.75, 3.05) is 11.9 Å². The van der Waals surface area contributed by atoms with E-state index in [0.717, 1.165) is 6.07 Å². The average molecular weight is 391 g/mol. The Bertz CT molecular complexity index is 869. The van der Waals surface area contributed by atoms with Crippen LogP contribution in [0.3, 0.4) is 0 Å². The highest BCUT2D eigenvalue weighted by molar-refractivity contribution is 6.31. The zero-order valence-corrected chi connectivity index (χ0v) is 14.8. The summed E-state index contributed by atoms with van der Waals surface area (Å²) in [6.45, 7) is -0.637. The van der Waals surface area contributed by atoms with Crippen LogP contribution in [0.5, 0.6) is 0 Å². The molecular formula is C18H15ClN2O6. The maximum Gasteiger partial charge on any atom is 0.306 e. The van der Waals surface area contributed by atoms with E-state index in [0.29, 0.717) is 5.56 Å². The monoisotopic (exact) mass is 390 g/mol. The number of ether oxygens (including phenoxy) is 1. The number of nitrogens with zero attached hydrogens (tertiary/aromatic N) is 1. The Kier molecular flexibility index (Phi) is 7.01. The number of esters is 1. The normalized spacial score (nSPS) is 10.1. The molecule has 2 rings (SSSR count). The van der Waals surface area contributed by atoms with Crippen LogP contribution in [-0.2, 0) is 14.3 Å². The Balaban J connectivity index is 1.82. The van der Waals surface area contributed by atoms with Crippen molar-refractivity contribution in [3.8, 4) is 0 Å². The largest absolute Gasteiger partial charge is 0.456 e. The van der Waals surface area contributed by atoms with E-state index < -0.39 is 23.4 Å². The van der Waals surface area contributed by atoms with Crippen molar-refractivity contribution >= 4 is 40.6 Å². The van der Waals surface area contributed by atoms with Crippen molar-refractivity contribution in [2.45, 2.75) is 12.8 Å². The third-order valence-corrected chi connectivity index (χ3v) is 3.68. The molecule has 0 saturated heterocycles. The number of nitrogens with one attached hydrogen (secondary N) is 1. The minimum Gasteiger partial charge on any atom is -0.456 e. The maximum atomic E-state index is 11.9.